The van der Waals surface area contributed by atoms with E-state index in [-0.39, 0.29) is 5.91 Å². The van der Waals surface area contributed by atoms with Gasteiger partial charge in [0.1, 0.15) is 13.1 Å². The van der Waals surface area contributed by atoms with E-state index in [0.29, 0.717) is 0 Å². The molecule has 4 nitrogen and oxygen atoms in total. The van der Waals surface area contributed by atoms with Crippen LogP contribution in [-0.4, -0.2) is 37.0 Å². The molecule has 0 aliphatic carbocycles. The van der Waals surface area contributed by atoms with Crippen molar-refractivity contribution in [3.8, 4) is 0 Å². The molecule has 0 atom stereocenters. The standard InChI is InChI=1S/C16H17N3O/c20-16(14-6-2-1-3-7-14)19-12-10-18(11-13-19)15-8-4-5-9-17-15/h1-9H,10-13H2/p+1. The third kappa shape index (κ3) is 2.64. The van der Waals surface area contributed by atoms with Crippen molar-refractivity contribution in [3.05, 3.63) is 60.3 Å². The molecule has 1 aliphatic heterocycles. The molecule has 0 spiro atoms. The molecule has 1 fully saturated rings. The lowest BCUT2D eigenvalue weighted by atomic mass is 10.2. The number of amides is 1. The van der Waals surface area contributed by atoms with Crippen LogP contribution in [0.1, 0.15) is 10.4 Å². The zero-order valence-electron chi connectivity index (χ0n) is 11.3. The molecular formula is C16H18N3O+. The minimum absolute atomic E-state index is 0.127. The van der Waals surface area contributed by atoms with Crippen molar-refractivity contribution in [1.82, 2.24) is 4.90 Å². The number of nitrogens with zero attached hydrogens (tertiary/aromatic N) is 2. The van der Waals surface area contributed by atoms with Gasteiger partial charge in [-0.25, -0.2) is 4.98 Å². The molecule has 0 radical (unpaired) electrons. The lowest BCUT2D eigenvalue weighted by Crippen LogP contribution is -2.50. The SMILES string of the molecule is O=C(c1ccccc1)N1CCN(c2cccc[nH+]2)CC1. The van der Waals surface area contributed by atoms with Gasteiger partial charge in [0, 0.05) is 11.6 Å². The highest BCUT2D eigenvalue weighted by molar-refractivity contribution is 5.94. The molecule has 102 valence electrons. The van der Waals surface area contributed by atoms with Gasteiger partial charge in [0.15, 0.2) is 0 Å². The predicted octanol–water partition coefficient (Wildman–Crippen LogP) is 1.46. The van der Waals surface area contributed by atoms with E-state index >= 15 is 0 Å². The van der Waals surface area contributed by atoms with Crippen LogP contribution in [-0.2, 0) is 0 Å². The van der Waals surface area contributed by atoms with Gasteiger partial charge in [-0.15, -0.1) is 0 Å². The summed E-state index contributed by atoms with van der Waals surface area (Å²) < 4.78 is 0. The molecule has 1 N–H and O–H groups in total. The summed E-state index contributed by atoms with van der Waals surface area (Å²) in [6.07, 6.45) is 1.93. The zero-order valence-corrected chi connectivity index (χ0v) is 11.3. The number of aromatic amines is 1. The average Bonchev–Trinajstić information content (AvgIpc) is 2.56. The van der Waals surface area contributed by atoms with Gasteiger partial charge in [0.2, 0.25) is 0 Å². The van der Waals surface area contributed by atoms with E-state index in [9.17, 15) is 4.79 Å². The third-order valence-electron chi connectivity index (χ3n) is 3.62. The number of anilines is 1. The maximum atomic E-state index is 12.3. The highest BCUT2D eigenvalue weighted by Crippen LogP contribution is 2.12. The Morgan fingerprint density at radius 2 is 1.60 bits per heavy atom. The van der Waals surface area contributed by atoms with Gasteiger partial charge in [-0.3, -0.25) is 9.69 Å². The number of piperazine rings is 1. The van der Waals surface area contributed by atoms with E-state index < -0.39 is 0 Å². The highest BCUT2D eigenvalue weighted by Gasteiger charge is 2.26. The summed E-state index contributed by atoms with van der Waals surface area (Å²) in [6, 6.07) is 15.5. The summed E-state index contributed by atoms with van der Waals surface area (Å²) >= 11 is 0. The number of H-pyrrole nitrogens is 1. The lowest BCUT2D eigenvalue weighted by molar-refractivity contribution is -0.364. The number of rotatable bonds is 2. The van der Waals surface area contributed by atoms with Crippen molar-refractivity contribution in [2.45, 2.75) is 0 Å². The Bertz CT molecular complexity index is 563. The van der Waals surface area contributed by atoms with Crippen molar-refractivity contribution >= 4 is 11.7 Å². The predicted molar refractivity (Wildman–Crippen MR) is 77.6 cm³/mol. The van der Waals surface area contributed by atoms with Gasteiger partial charge in [0.05, 0.1) is 19.3 Å². The number of carbonyl (C=O) groups excluding carboxylic acids is 1. The van der Waals surface area contributed by atoms with Crippen molar-refractivity contribution in [2.24, 2.45) is 0 Å². The van der Waals surface area contributed by atoms with Crippen LogP contribution in [0.3, 0.4) is 0 Å². The Kier molecular flexibility index (Phi) is 3.63. The van der Waals surface area contributed by atoms with E-state index in [4.69, 9.17) is 0 Å². The second-order valence-electron chi connectivity index (χ2n) is 4.89. The van der Waals surface area contributed by atoms with E-state index in [0.717, 1.165) is 37.6 Å². The molecule has 1 aliphatic rings. The smallest absolute Gasteiger partial charge is 0.274 e. The number of hydrogen-bond donors (Lipinski definition) is 0. The number of nitrogens with one attached hydrogen (secondary N) is 1. The summed E-state index contributed by atoms with van der Waals surface area (Å²) in [5.74, 6) is 1.24. The van der Waals surface area contributed by atoms with E-state index in [2.05, 4.69) is 16.0 Å². The van der Waals surface area contributed by atoms with Gasteiger partial charge in [-0.2, -0.15) is 0 Å². The van der Waals surface area contributed by atoms with Gasteiger partial charge in [-0.1, -0.05) is 24.3 Å². The van der Waals surface area contributed by atoms with Crippen molar-refractivity contribution < 1.29 is 9.78 Å². The Labute approximate surface area is 118 Å². The van der Waals surface area contributed by atoms with Crippen LogP contribution < -0.4 is 9.88 Å². The number of pyridine rings is 1. The molecule has 1 saturated heterocycles. The topological polar surface area (TPSA) is 37.7 Å². The van der Waals surface area contributed by atoms with Crippen molar-refractivity contribution in [1.29, 1.82) is 0 Å². The van der Waals surface area contributed by atoms with Crippen LogP contribution in [0.4, 0.5) is 5.82 Å². The minimum Gasteiger partial charge on any atom is -0.331 e. The normalized spacial score (nSPS) is 15.2. The first-order valence-electron chi connectivity index (χ1n) is 6.90. The summed E-state index contributed by atoms with van der Waals surface area (Å²) in [6.45, 7) is 3.24. The fourth-order valence-corrected chi connectivity index (χ4v) is 2.49. The highest BCUT2D eigenvalue weighted by atomic mass is 16.2. The summed E-state index contributed by atoms with van der Waals surface area (Å²) in [7, 11) is 0. The largest absolute Gasteiger partial charge is 0.331 e. The first-order chi connectivity index (χ1) is 9.84. The second-order valence-corrected chi connectivity index (χ2v) is 4.89. The van der Waals surface area contributed by atoms with Crippen LogP contribution in [0.15, 0.2) is 54.7 Å². The Balaban J connectivity index is 1.63. The summed E-state index contributed by atoms with van der Waals surface area (Å²) in [4.78, 5) is 19.8. The van der Waals surface area contributed by atoms with Crippen molar-refractivity contribution in [2.75, 3.05) is 31.1 Å². The van der Waals surface area contributed by atoms with Crippen LogP contribution >= 0.6 is 0 Å². The van der Waals surface area contributed by atoms with Gasteiger partial charge in [-0.05, 0) is 18.2 Å². The van der Waals surface area contributed by atoms with Crippen LogP contribution in [0, 0.1) is 0 Å². The number of aromatic nitrogens is 1. The lowest BCUT2D eigenvalue weighted by Gasteiger charge is -2.31. The van der Waals surface area contributed by atoms with Gasteiger partial charge in [0.25, 0.3) is 11.7 Å². The maximum absolute atomic E-state index is 12.3. The fourth-order valence-electron chi connectivity index (χ4n) is 2.49. The van der Waals surface area contributed by atoms with E-state index in [1.54, 1.807) is 0 Å². The summed E-state index contributed by atoms with van der Waals surface area (Å²) in [5, 5.41) is 0. The van der Waals surface area contributed by atoms with E-state index in [1.807, 2.05) is 53.6 Å². The Morgan fingerprint density at radius 3 is 2.25 bits per heavy atom. The first kappa shape index (κ1) is 12.7. The fraction of sp³-hybridized carbons (Fsp3) is 0.250. The van der Waals surface area contributed by atoms with Crippen molar-refractivity contribution in [3.63, 3.8) is 0 Å². The molecular weight excluding hydrogens is 250 g/mol. The van der Waals surface area contributed by atoms with Gasteiger partial charge >= 0.3 is 0 Å². The number of hydrogen-bond acceptors (Lipinski definition) is 2. The molecule has 1 amide bonds. The maximum Gasteiger partial charge on any atom is 0.274 e. The molecule has 20 heavy (non-hydrogen) atoms. The quantitative estimate of drug-likeness (QED) is 0.827. The monoisotopic (exact) mass is 268 g/mol. The first-order valence-corrected chi connectivity index (χ1v) is 6.90. The molecule has 0 bridgehead atoms. The molecule has 1 aromatic carbocycles. The Morgan fingerprint density at radius 1 is 0.900 bits per heavy atom. The molecule has 2 aromatic rings. The Hall–Kier alpha value is -2.36. The second kappa shape index (κ2) is 5.74. The molecule has 0 saturated carbocycles. The average molecular weight is 268 g/mol. The number of carbonyl (C=O) groups is 1. The van der Waals surface area contributed by atoms with Crippen LogP contribution in [0.25, 0.3) is 0 Å². The molecule has 0 unspecified atom stereocenters. The zero-order chi connectivity index (χ0) is 13.8. The molecule has 1 aromatic heterocycles. The van der Waals surface area contributed by atoms with Crippen LogP contribution in [0.5, 0.6) is 0 Å². The van der Waals surface area contributed by atoms with Gasteiger partial charge < -0.3 is 4.90 Å². The number of benzene rings is 1. The minimum atomic E-state index is 0.127. The molecule has 4 heteroatoms. The third-order valence-corrected chi connectivity index (χ3v) is 3.62. The van der Waals surface area contributed by atoms with E-state index in [1.165, 1.54) is 0 Å². The van der Waals surface area contributed by atoms with Crippen LogP contribution in [0.2, 0.25) is 0 Å². The molecule has 2 heterocycles. The molecule has 3 rings (SSSR count). The summed E-state index contributed by atoms with van der Waals surface area (Å²) in [5.41, 5.74) is 0.771.